The molecule has 1 N–H and O–H groups in total. The lowest BCUT2D eigenvalue weighted by Gasteiger charge is -2.19. The van der Waals surface area contributed by atoms with E-state index >= 15 is 0 Å². The first-order valence-electron chi connectivity index (χ1n) is 8.01. The molecule has 0 spiro atoms. The number of hydrogen-bond donors (Lipinski definition) is 1. The van der Waals surface area contributed by atoms with Crippen LogP contribution in [0.15, 0.2) is 35.7 Å². The fraction of sp³-hybridized carbons (Fsp3) is 0.333. The first kappa shape index (κ1) is 14.8. The van der Waals surface area contributed by atoms with Crippen molar-refractivity contribution in [2.24, 2.45) is 5.92 Å². The van der Waals surface area contributed by atoms with Gasteiger partial charge >= 0.3 is 0 Å². The fourth-order valence-electron chi connectivity index (χ4n) is 3.30. The van der Waals surface area contributed by atoms with E-state index in [0.717, 1.165) is 24.7 Å². The van der Waals surface area contributed by atoms with Crippen molar-refractivity contribution >= 4 is 23.6 Å². The van der Waals surface area contributed by atoms with Gasteiger partial charge in [0.25, 0.3) is 0 Å². The molecule has 0 saturated heterocycles. The molecule has 0 aliphatic heterocycles. The van der Waals surface area contributed by atoms with Crippen LogP contribution in [-0.2, 0) is 19.4 Å². The summed E-state index contributed by atoms with van der Waals surface area (Å²) in [6.07, 6.45) is 3.62. The minimum absolute atomic E-state index is 0.688. The second kappa shape index (κ2) is 6.06. The molecule has 0 radical (unpaired) electrons. The molecule has 0 saturated carbocycles. The summed E-state index contributed by atoms with van der Waals surface area (Å²) in [5, 5.41) is 9.77. The van der Waals surface area contributed by atoms with E-state index < -0.39 is 0 Å². The Hall–Kier alpha value is -1.72. The van der Waals surface area contributed by atoms with Crippen molar-refractivity contribution in [2.45, 2.75) is 32.7 Å². The third kappa shape index (κ3) is 2.79. The fourth-order valence-corrected chi connectivity index (χ4v) is 4.74. The van der Waals surface area contributed by atoms with Crippen molar-refractivity contribution in [1.29, 1.82) is 0 Å². The molecule has 2 heterocycles. The highest BCUT2D eigenvalue weighted by Gasteiger charge is 2.23. The molecule has 0 bridgehead atoms. The van der Waals surface area contributed by atoms with Crippen LogP contribution in [0.4, 0.5) is 0 Å². The van der Waals surface area contributed by atoms with E-state index in [9.17, 15) is 0 Å². The minimum atomic E-state index is 0.688. The number of rotatable bonds is 3. The predicted molar refractivity (Wildman–Crippen MR) is 97.5 cm³/mol. The number of H-pyrrole nitrogens is 1. The van der Waals surface area contributed by atoms with Crippen molar-refractivity contribution in [3.05, 3.63) is 56.5 Å². The van der Waals surface area contributed by atoms with Gasteiger partial charge < -0.3 is 0 Å². The number of fused-ring (bicyclic) bond motifs is 1. The maximum atomic E-state index is 5.47. The quantitative estimate of drug-likeness (QED) is 0.691. The molecule has 1 unspecified atom stereocenters. The van der Waals surface area contributed by atoms with E-state index in [-0.39, 0.29) is 0 Å². The Bertz CT molecular complexity index is 873. The van der Waals surface area contributed by atoms with E-state index in [4.69, 9.17) is 12.2 Å². The molecule has 118 valence electrons. The second-order valence-corrected chi connectivity index (χ2v) is 7.67. The van der Waals surface area contributed by atoms with Gasteiger partial charge in [-0.25, -0.2) is 0 Å². The van der Waals surface area contributed by atoms with E-state index in [1.54, 1.807) is 0 Å². The van der Waals surface area contributed by atoms with Crippen LogP contribution in [-0.4, -0.2) is 14.8 Å². The van der Waals surface area contributed by atoms with Gasteiger partial charge in [0, 0.05) is 15.8 Å². The number of nitrogens with zero attached hydrogens (tertiary/aromatic N) is 2. The zero-order valence-corrected chi connectivity index (χ0v) is 14.7. The lowest BCUT2D eigenvalue weighted by molar-refractivity contribution is 0.508. The number of nitrogens with one attached hydrogen (secondary N) is 1. The van der Waals surface area contributed by atoms with Gasteiger partial charge in [-0.2, -0.15) is 5.10 Å². The Morgan fingerprint density at radius 3 is 3.00 bits per heavy atom. The maximum absolute atomic E-state index is 5.47. The molecule has 3 aromatic rings. The highest BCUT2D eigenvalue weighted by Crippen LogP contribution is 2.37. The van der Waals surface area contributed by atoms with Crippen molar-refractivity contribution in [1.82, 2.24) is 14.8 Å². The van der Waals surface area contributed by atoms with Crippen molar-refractivity contribution in [3.63, 3.8) is 0 Å². The molecule has 23 heavy (non-hydrogen) atoms. The summed E-state index contributed by atoms with van der Waals surface area (Å²) in [6, 6.07) is 10.4. The summed E-state index contributed by atoms with van der Waals surface area (Å²) in [5.41, 5.74) is 3.99. The van der Waals surface area contributed by atoms with Gasteiger partial charge in [-0.3, -0.25) is 9.67 Å². The summed E-state index contributed by atoms with van der Waals surface area (Å²) in [5.74, 6) is 1.77. The molecule has 2 aromatic heterocycles. The molecule has 1 aromatic carbocycles. The van der Waals surface area contributed by atoms with Crippen LogP contribution in [0.1, 0.15) is 29.3 Å². The van der Waals surface area contributed by atoms with Crippen molar-refractivity contribution in [3.8, 4) is 11.4 Å². The van der Waals surface area contributed by atoms with Crippen LogP contribution in [0.25, 0.3) is 11.4 Å². The first-order valence-corrected chi connectivity index (χ1v) is 9.30. The molecule has 1 aliphatic carbocycles. The molecule has 3 nitrogen and oxygen atoms in total. The van der Waals surface area contributed by atoms with Gasteiger partial charge in [-0.05, 0) is 48.5 Å². The Labute approximate surface area is 145 Å². The summed E-state index contributed by atoms with van der Waals surface area (Å²) < 4.78 is 2.80. The molecule has 5 heteroatoms. The van der Waals surface area contributed by atoms with E-state index in [2.05, 4.69) is 51.3 Å². The van der Waals surface area contributed by atoms with Crippen molar-refractivity contribution in [2.75, 3.05) is 0 Å². The highest BCUT2D eigenvalue weighted by atomic mass is 32.1. The molecule has 0 amide bonds. The van der Waals surface area contributed by atoms with Gasteiger partial charge in [0.2, 0.25) is 0 Å². The van der Waals surface area contributed by atoms with Gasteiger partial charge in [0.15, 0.2) is 10.6 Å². The summed E-state index contributed by atoms with van der Waals surface area (Å²) >= 11 is 7.34. The largest absolute Gasteiger partial charge is 0.296 e. The van der Waals surface area contributed by atoms with Crippen LogP contribution in [0, 0.1) is 10.7 Å². The number of benzene rings is 1. The summed E-state index contributed by atoms with van der Waals surface area (Å²) in [7, 11) is 0. The first-order chi connectivity index (χ1) is 11.2. The molecule has 1 aliphatic rings. The number of aromatic amines is 1. The molecule has 1 atom stereocenters. The molecular formula is C18H19N3S2. The van der Waals surface area contributed by atoms with Gasteiger partial charge in [-0.15, -0.1) is 11.3 Å². The van der Waals surface area contributed by atoms with E-state index in [1.165, 1.54) is 34.4 Å². The summed E-state index contributed by atoms with van der Waals surface area (Å²) in [4.78, 5) is 1.53. The Balaban J connectivity index is 1.75. The normalized spacial score (nSPS) is 17.2. The molecule has 0 fully saturated rings. The number of aromatic nitrogens is 3. The lowest BCUT2D eigenvalue weighted by atomic mass is 9.88. The van der Waals surface area contributed by atoms with E-state index in [0.29, 0.717) is 4.77 Å². The Kier molecular flexibility index (Phi) is 3.91. The van der Waals surface area contributed by atoms with Gasteiger partial charge in [0.05, 0.1) is 6.54 Å². The molecule has 4 rings (SSSR count). The Morgan fingerprint density at radius 2 is 2.17 bits per heavy atom. The third-order valence-corrected chi connectivity index (χ3v) is 5.95. The SMILES string of the molecule is CC1CCc2c(-c3n[nH]c(=S)n3Cc3ccccc3)csc2C1. The average molecular weight is 342 g/mol. The van der Waals surface area contributed by atoms with E-state index in [1.807, 2.05) is 17.4 Å². The van der Waals surface area contributed by atoms with Crippen LogP contribution in [0.3, 0.4) is 0 Å². The standard InChI is InChI=1S/C18H19N3S2/c1-12-7-8-14-15(11-23-16(14)9-12)17-19-20-18(22)21(17)10-13-5-3-2-4-6-13/h2-6,11-12H,7-10H2,1H3,(H,20,22). The predicted octanol–water partition coefficient (Wildman–Crippen LogP) is 4.84. The number of thiophene rings is 1. The van der Waals surface area contributed by atoms with Crippen LogP contribution in [0.2, 0.25) is 0 Å². The van der Waals surface area contributed by atoms with Gasteiger partial charge in [-0.1, -0.05) is 37.3 Å². The third-order valence-electron chi connectivity index (χ3n) is 4.58. The second-order valence-electron chi connectivity index (χ2n) is 6.32. The van der Waals surface area contributed by atoms with Crippen molar-refractivity contribution < 1.29 is 0 Å². The topological polar surface area (TPSA) is 33.6 Å². The average Bonchev–Trinajstić information content (AvgIpc) is 3.12. The minimum Gasteiger partial charge on any atom is -0.296 e. The summed E-state index contributed by atoms with van der Waals surface area (Å²) in [6.45, 7) is 3.10. The highest BCUT2D eigenvalue weighted by molar-refractivity contribution is 7.71. The number of hydrogen-bond acceptors (Lipinski definition) is 3. The smallest absolute Gasteiger partial charge is 0.195 e. The van der Waals surface area contributed by atoms with Gasteiger partial charge in [0.1, 0.15) is 0 Å². The molecular weight excluding hydrogens is 322 g/mol. The van der Waals surface area contributed by atoms with Crippen LogP contribution < -0.4 is 0 Å². The Morgan fingerprint density at radius 1 is 1.35 bits per heavy atom. The monoisotopic (exact) mass is 341 g/mol. The van der Waals surface area contributed by atoms with Crippen LogP contribution >= 0.6 is 23.6 Å². The zero-order valence-electron chi connectivity index (χ0n) is 13.1. The zero-order chi connectivity index (χ0) is 15.8. The lowest BCUT2D eigenvalue weighted by Crippen LogP contribution is -2.10. The van der Waals surface area contributed by atoms with Crippen LogP contribution in [0.5, 0.6) is 0 Å². The maximum Gasteiger partial charge on any atom is 0.195 e.